The van der Waals surface area contributed by atoms with Gasteiger partial charge in [0.1, 0.15) is 5.82 Å². The van der Waals surface area contributed by atoms with Gasteiger partial charge in [0.15, 0.2) is 0 Å². The van der Waals surface area contributed by atoms with Crippen LogP contribution in [0.25, 0.3) is 0 Å². The molecule has 0 amide bonds. The van der Waals surface area contributed by atoms with Crippen LogP contribution in [-0.2, 0) is 13.0 Å². The number of piperidine rings is 1. The summed E-state index contributed by atoms with van der Waals surface area (Å²) in [7, 11) is 2.20. The molecule has 0 spiro atoms. The summed E-state index contributed by atoms with van der Waals surface area (Å²) in [5.74, 6) is 1.24. The quantitative estimate of drug-likeness (QED) is 0.833. The number of hydrogen-bond acceptors (Lipinski definition) is 3. The largest absolute Gasteiger partial charge is 0.329 e. The maximum atomic E-state index is 4.85. The number of aryl methyl sites for hydroxylation is 1. The SMILES string of the molecule is Cc1nc2c(n1C1C[C@H]3CC[C@@H](C1)N3)CCN(C)C2. The zero-order valence-corrected chi connectivity index (χ0v) is 12.0. The standard InChI is InChI=1S/C15H24N4/c1-10-16-14-9-18(2)6-5-15(14)19(10)13-7-11-3-4-12(8-13)17-11/h11-13,17H,3-9H2,1-2H3/t11-,12+,13?. The van der Waals surface area contributed by atoms with E-state index in [4.69, 9.17) is 4.98 Å². The molecule has 3 aliphatic rings. The van der Waals surface area contributed by atoms with Crippen LogP contribution in [0.2, 0.25) is 0 Å². The van der Waals surface area contributed by atoms with Crippen LogP contribution in [0.1, 0.15) is 48.9 Å². The van der Waals surface area contributed by atoms with E-state index in [-0.39, 0.29) is 0 Å². The lowest BCUT2D eigenvalue weighted by molar-refractivity contribution is 0.274. The molecule has 104 valence electrons. The van der Waals surface area contributed by atoms with E-state index in [2.05, 4.69) is 28.8 Å². The Bertz CT molecular complexity index is 481. The van der Waals surface area contributed by atoms with Gasteiger partial charge in [0.2, 0.25) is 0 Å². The van der Waals surface area contributed by atoms with Gasteiger partial charge in [0.25, 0.3) is 0 Å². The summed E-state index contributed by atoms with van der Waals surface area (Å²) in [5, 5.41) is 3.75. The van der Waals surface area contributed by atoms with E-state index in [1.807, 2.05) is 0 Å². The van der Waals surface area contributed by atoms with E-state index in [1.165, 1.54) is 55.9 Å². The summed E-state index contributed by atoms with van der Waals surface area (Å²) in [4.78, 5) is 7.23. The molecule has 4 rings (SSSR count). The van der Waals surface area contributed by atoms with Gasteiger partial charge in [-0.15, -0.1) is 0 Å². The molecule has 0 aliphatic carbocycles. The third kappa shape index (κ3) is 1.93. The van der Waals surface area contributed by atoms with Crippen LogP contribution in [0.3, 0.4) is 0 Å². The van der Waals surface area contributed by atoms with Gasteiger partial charge in [-0.1, -0.05) is 0 Å². The molecule has 2 bridgehead atoms. The molecule has 0 radical (unpaired) electrons. The molecule has 3 atom stereocenters. The molecule has 4 heterocycles. The summed E-state index contributed by atoms with van der Waals surface area (Å²) in [5.41, 5.74) is 2.86. The first kappa shape index (κ1) is 11.9. The molecule has 1 N–H and O–H groups in total. The van der Waals surface area contributed by atoms with Gasteiger partial charge in [0, 0.05) is 43.3 Å². The predicted molar refractivity (Wildman–Crippen MR) is 75.2 cm³/mol. The molecule has 1 unspecified atom stereocenters. The highest BCUT2D eigenvalue weighted by Gasteiger charge is 2.36. The van der Waals surface area contributed by atoms with E-state index in [9.17, 15) is 0 Å². The van der Waals surface area contributed by atoms with Gasteiger partial charge in [-0.3, -0.25) is 0 Å². The summed E-state index contributed by atoms with van der Waals surface area (Å²) in [6, 6.07) is 2.21. The van der Waals surface area contributed by atoms with Crippen molar-refractivity contribution in [2.24, 2.45) is 0 Å². The Morgan fingerprint density at radius 2 is 1.95 bits per heavy atom. The molecular formula is C15H24N4. The Morgan fingerprint density at radius 3 is 2.68 bits per heavy atom. The summed E-state index contributed by atoms with van der Waals surface area (Å²) in [6.45, 7) is 4.40. The summed E-state index contributed by atoms with van der Waals surface area (Å²) in [6.07, 6.45) is 6.53. The van der Waals surface area contributed by atoms with Gasteiger partial charge in [-0.25, -0.2) is 4.98 Å². The number of imidazole rings is 1. The van der Waals surface area contributed by atoms with Crippen LogP contribution in [0.15, 0.2) is 0 Å². The van der Waals surface area contributed by atoms with E-state index in [1.54, 1.807) is 0 Å². The Morgan fingerprint density at radius 1 is 1.21 bits per heavy atom. The van der Waals surface area contributed by atoms with E-state index < -0.39 is 0 Å². The second-order valence-corrected chi connectivity index (χ2v) is 6.67. The predicted octanol–water partition coefficient (Wildman–Crippen LogP) is 1.63. The van der Waals surface area contributed by atoms with Gasteiger partial charge >= 0.3 is 0 Å². The van der Waals surface area contributed by atoms with Crippen LogP contribution < -0.4 is 5.32 Å². The fourth-order valence-corrected chi connectivity index (χ4v) is 4.39. The van der Waals surface area contributed by atoms with E-state index >= 15 is 0 Å². The molecule has 2 fully saturated rings. The van der Waals surface area contributed by atoms with Crippen molar-refractivity contribution >= 4 is 0 Å². The molecule has 0 aromatic carbocycles. The molecule has 1 aromatic heterocycles. The summed E-state index contributed by atoms with van der Waals surface area (Å²) < 4.78 is 2.59. The summed E-state index contributed by atoms with van der Waals surface area (Å²) >= 11 is 0. The number of likely N-dealkylation sites (N-methyl/N-ethyl adjacent to an activating group) is 1. The van der Waals surface area contributed by atoms with Crippen LogP contribution in [0.5, 0.6) is 0 Å². The first-order valence-electron chi connectivity index (χ1n) is 7.72. The highest BCUT2D eigenvalue weighted by Crippen LogP contribution is 2.36. The van der Waals surface area contributed by atoms with Crippen molar-refractivity contribution < 1.29 is 0 Å². The maximum Gasteiger partial charge on any atom is 0.106 e. The second kappa shape index (κ2) is 4.32. The zero-order chi connectivity index (χ0) is 13.0. The fraction of sp³-hybridized carbons (Fsp3) is 0.800. The lowest BCUT2D eigenvalue weighted by Gasteiger charge is -2.33. The zero-order valence-electron chi connectivity index (χ0n) is 12.0. The van der Waals surface area contributed by atoms with Crippen molar-refractivity contribution in [1.82, 2.24) is 19.8 Å². The molecule has 4 nitrogen and oxygen atoms in total. The monoisotopic (exact) mass is 260 g/mol. The van der Waals surface area contributed by atoms with Crippen molar-refractivity contribution in [3.63, 3.8) is 0 Å². The van der Waals surface area contributed by atoms with E-state index in [0.717, 1.165) is 18.6 Å². The van der Waals surface area contributed by atoms with Gasteiger partial charge < -0.3 is 14.8 Å². The second-order valence-electron chi connectivity index (χ2n) is 6.67. The molecule has 19 heavy (non-hydrogen) atoms. The average Bonchev–Trinajstić information content (AvgIpc) is 2.88. The Kier molecular flexibility index (Phi) is 2.71. The van der Waals surface area contributed by atoms with Gasteiger partial charge in [-0.05, 0) is 39.7 Å². The average molecular weight is 260 g/mol. The molecular weight excluding hydrogens is 236 g/mol. The third-order valence-corrected chi connectivity index (χ3v) is 5.23. The molecule has 4 heteroatoms. The van der Waals surface area contributed by atoms with Crippen molar-refractivity contribution in [2.75, 3.05) is 13.6 Å². The normalized spacial score (nSPS) is 34.5. The molecule has 1 aromatic rings. The molecule has 3 aliphatic heterocycles. The number of aromatic nitrogens is 2. The fourth-order valence-electron chi connectivity index (χ4n) is 4.39. The number of fused-ring (bicyclic) bond motifs is 3. The van der Waals surface area contributed by atoms with E-state index in [0.29, 0.717) is 6.04 Å². The number of nitrogens with zero attached hydrogens (tertiary/aromatic N) is 3. The highest BCUT2D eigenvalue weighted by atomic mass is 15.2. The van der Waals surface area contributed by atoms with Crippen LogP contribution in [0, 0.1) is 6.92 Å². The number of rotatable bonds is 1. The van der Waals surface area contributed by atoms with Gasteiger partial charge in [0.05, 0.1) is 5.69 Å². The first-order chi connectivity index (χ1) is 9.20. The Balaban J connectivity index is 1.68. The molecule has 2 saturated heterocycles. The lowest BCUT2D eigenvalue weighted by Crippen LogP contribution is -2.39. The number of hydrogen-bond donors (Lipinski definition) is 1. The van der Waals surface area contributed by atoms with Gasteiger partial charge in [-0.2, -0.15) is 0 Å². The van der Waals surface area contributed by atoms with Crippen LogP contribution >= 0.6 is 0 Å². The van der Waals surface area contributed by atoms with Crippen molar-refractivity contribution in [3.8, 4) is 0 Å². The lowest BCUT2D eigenvalue weighted by atomic mass is 9.98. The van der Waals surface area contributed by atoms with Crippen molar-refractivity contribution in [1.29, 1.82) is 0 Å². The third-order valence-electron chi connectivity index (χ3n) is 5.23. The minimum Gasteiger partial charge on any atom is -0.329 e. The van der Waals surface area contributed by atoms with Crippen molar-refractivity contribution in [2.45, 2.75) is 63.7 Å². The first-order valence-corrected chi connectivity index (χ1v) is 7.72. The maximum absolute atomic E-state index is 4.85. The minimum atomic E-state index is 0.693. The van der Waals surface area contributed by atoms with Crippen LogP contribution in [0.4, 0.5) is 0 Å². The Hall–Kier alpha value is -0.870. The van der Waals surface area contributed by atoms with Crippen molar-refractivity contribution in [3.05, 3.63) is 17.2 Å². The molecule has 0 saturated carbocycles. The smallest absolute Gasteiger partial charge is 0.106 e. The number of nitrogens with one attached hydrogen (secondary N) is 1. The minimum absolute atomic E-state index is 0.693. The highest BCUT2D eigenvalue weighted by molar-refractivity contribution is 5.21. The topological polar surface area (TPSA) is 33.1 Å². The van der Waals surface area contributed by atoms with Crippen LogP contribution in [-0.4, -0.2) is 40.1 Å². The Labute approximate surface area is 115 Å².